The largest absolute Gasteiger partial charge is 0.494 e. The number of ether oxygens (including phenoxy) is 2. The number of methoxy groups -OCH3 is 1. The molecule has 2 atom stereocenters. The molecule has 2 aliphatic rings. The van der Waals surface area contributed by atoms with E-state index in [0.29, 0.717) is 19.4 Å². The molecule has 2 amide bonds. The minimum Gasteiger partial charge on any atom is -0.494 e. The first-order valence-electron chi connectivity index (χ1n) is 12.0. The van der Waals surface area contributed by atoms with Gasteiger partial charge in [0.25, 0.3) is 0 Å². The Morgan fingerprint density at radius 2 is 1.75 bits per heavy atom. The van der Waals surface area contributed by atoms with Gasteiger partial charge in [-0.05, 0) is 49.3 Å². The van der Waals surface area contributed by atoms with E-state index in [2.05, 4.69) is 10.6 Å². The van der Waals surface area contributed by atoms with Gasteiger partial charge in [-0.1, -0.05) is 44.2 Å². The standard InChI is InChI=1S/C25H36N2O5/c1-31-25(30)21-17-18-10-9-13-20(16-18)32-15-8-3-2-7-14-22(28)27-23(24(29)26-21)19-11-5-4-6-12-19/h9-10,13,16,19,21,23H,2-8,11-12,14-15,17H2,1H3,(H,26,29)(H,27,28)/t21-,23-/m0/s1. The predicted molar refractivity (Wildman–Crippen MR) is 121 cm³/mol. The van der Waals surface area contributed by atoms with Crippen LogP contribution in [0.2, 0.25) is 0 Å². The number of amides is 2. The van der Waals surface area contributed by atoms with Crippen molar-refractivity contribution in [1.29, 1.82) is 0 Å². The summed E-state index contributed by atoms with van der Waals surface area (Å²) in [6, 6.07) is 6.14. The first kappa shape index (κ1) is 24.1. The summed E-state index contributed by atoms with van der Waals surface area (Å²) >= 11 is 0. The highest BCUT2D eigenvalue weighted by Crippen LogP contribution is 2.27. The molecule has 1 heterocycles. The second kappa shape index (κ2) is 12.5. The maximum absolute atomic E-state index is 13.3. The fraction of sp³-hybridized carbons (Fsp3) is 0.640. The van der Waals surface area contributed by atoms with Gasteiger partial charge in [0.05, 0.1) is 13.7 Å². The summed E-state index contributed by atoms with van der Waals surface area (Å²) < 4.78 is 10.8. The fourth-order valence-corrected chi connectivity index (χ4v) is 4.64. The van der Waals surface area contributed by atoms with Crippen molar-refractivity contribution in [1.82, 2.24) is 10.6 Å². The maximum atomic E-state index is 13.3. The molecule has 2 N–H and O–H groups in total. The van der Waals surface area contributed by atoms with Crippen LogP contribution in [0.4, 0.5) is 0 Å². The van der Waals surface area contributed by atoms with Crippen molar-refractivity contribution in [2.75, 3.05) is 13.7 Å². The Balaban J connectivity index is 1.82. The Morgan fingerprint density at radius 3 is 2.53 bits per heavy atom. The highest BCUT2D eigenvalue weighted by Gasteiger charge is 2.33. The lowest BCUT2D eigenvalue weighted by molar-refractivity contribution is -0.145. The van der Waals surface area contributed by atoms with E-state index in [0.717, 1.165) is 69.1 Å². The minimum atomic E-state index is -0.832. The van der Waals surface area contributed by atoms with E-state index in [4.69, 9.17) is 9.47 Å². The molecule has 2 bridgehead atoms. The van der Waals surface area contributed by atoms with Crippen LogP contribution < -0.4 is 15.4 Å². The summed E-state index contributed by atoms with van der Waals surface area (Å²) in [5, 5.41) is 5.86. The molecule has 0 spiro atoms. The second-order valence-corrected chi connectivity index (χ2v) is 8.89. The molecule has 1 aliphatic heterocycles. The Hall–Kier alpha value is -2.57. The molecule has 7 nitrogen and oxygen atoms in total. The zero-order valence-corrected chi connectivity index (χ0v) is 19.1. The second-order valence-electron chi connectivity index (χ2n) is 8.89. The summed E-state index contributed by atoms with van der Waals surface area (Å²) in [5.74, 6) is -0.0743. The van der Waals surface area contributed by atoms with E-state index in [-0.39, 0.29) is 17.7 Å². The minimum absolute atomic E-state index is 0.0878. The van der Waals surface area contributed by atoms with Crippen molar-refractivity contribution in [3.05, 3.63) is 29.8 Å². The first-order valence-corrected chi connectivity index (χ1v) is 12.0. The summed E-state index contributed by atoms with van der Waals surface area (Å²) in [6.45, 7) is 0.608. The van der Waals surface area contributed by atoms with Gasteiger partial charge in [0.2, 0.25) is 11.8 Å². The fourth-order valence-electron chi connectivity index (χ4n) is 4.64. The molecule has 0 unspecified atom stereocenters. The van der Waals surface area contributed by atoms with E-state index in [1.165, 1.54) is 7.11 Å². The molecule has 1 aliphatic carbocycles. The van der Waals surface area contributed by atoms with E-state index in [1.807, 2.05) is 24.3 Å². The average molecular weight is 445 g/mol. The lowest BCUT2D eigenvalue weighted by Gasteiger charge is -2.31. The Bertz CT molecular complexity index is 775. The van der Waals surface area contributed by atoms with Crippen LogP contribution in [0, 0.1) is 5.92 Å². The van der Waals surface area contributed by atoms with Crippen LogP contribution >= 0.6 is 0 Å². The van der Waals surface area contributed by atoms with Crippen molar-refractivity contribution in [3.8, 4) is 5.75 Å². The summed E-state index contributed by atoms with van der Waals surface area (Å²) in [7, 11) is 1.32. The third-order valence-corrected chi connectivity index (χ3v) is 6.43. The van der Waals surface area contributed by atoms with E-state index in [1.54, 1.807) is 0 Å². The molecule has 3 rings (SSSR count). The van der Waals surface area contributed by atoms with Gasteiger partial charge in [0.1, 0.15) is 17.8 Å². The zero-order valence-electron chi connectivity index (χ0n) is 19.1. The van der Waals surface area contributed by atoms with Gasteiger partial charge in [-0.15, -0.1) is 0 Å². The molecule has 0 radical (unpaired) electrons. The molecule has 32 heavy (non-hydrogen) atoms. The number of fused-ring (bicyclic) bond motifs is 2. The maximum Gasteiger partial charge on any atom is 0.328 e. The molecule has 1 fully saturated rings. The molecule has 1 saturated carbocycles. The lowest BCUT2D eigenvalue weighted by Crippen LogP contribution is -2.55. The smallest absolute Gasteiger partial charge is 0.328 e. The van der Waals surface area contributed by atoms with Gasteiger partial charge in [-0.2, -0.15) is 0 Å². The van der Waals surface area contributed by atoms with Gasteiger partial charge in [-0.25, -0.2) is 4.79 Å². The van der Waals surface area contributed by atoms with E-state index >= 15 is 0 Å². The molecule has 176 valence electrons. The third kappa shape index (κ3) is 7.24. The average Bonchev–Trinajstić information content (AvgIpc) is 2.81. The third-order valence-electron chi connectivity index (χ3n) is 6.43. The molecular weight excluding hydrogens is 408 g/mol. The Morgan fingerprint density at radius 1 is 1.00 bits per heavy atom. The predicted octanol–water partition coefficient (Wildman–Crippen LogP) is 3.29. The number of hydrogen-bond donors (Lipinski definition) is 2. The Labute approximate surface area is 190 Å². The van der Waals surface area contributed by atoms with Crippen LogP contribution in [0.1, 0.15) is 69.8 Å². The number of carbonyl (C=O) groups excluding carboxylic acids is 3. The van der Waals surface area contributed by atoms with Crippen molar-refractivity contribution in [3.63, 3.8) is 0 Å². The number of nitrogens with one attached hydrogen (secondary N) is 2. The van der Waals surface area contributed by atoms with Crippen LogP contribution in [0.5, 0.6) is 5.75 Å². The molecular formula is C25H36N2O5. The quantitative estimate of drug-likeness (QED) is 0.683. The summed E-state index contributed by atoms with van der Waals surface area (Å²) in [6.07, 6.45) is 9.40. The normalized spacial score (nSPS) is 24.4. The van der Waals surface area contributed by atoms with Crippen LogP contribution in [-0.4, -0.2) is 43.6 Å². The van der Waals surface area contributed by atoms with Gasteiger partial charge >= 0.3 is 5.97 Å². The molecule has 0 saturated heterocycles. The zero-order chi connectivity index (χ0) is 22.8. The van der Waals surface area contributed by atoms with Crippen molar-refractivity contribution >= 4 is 17.8 Å². The van der Waals surface area contributed by atoms with Crippen LogP contribution in [0.15, 0.2) is 24.3 Å². The number of carbonyl (C=O) groups is 3. The molecule has 0 aromatic heterocycles. The van der Waals surface area contributed by atoms with Crippen molar-refractivity contribution < 1.29 is 23.9 Å². The van der Waals surface area contributed by atoms with Gasteiger partial charge < -0.3 is 20.1 Å². The van der Waals surface area contributed by atoms with E-state index in [9.17, 15) is 14.4 Å². The first-order chi connectivity index (χ1) is 15.6. The number of benzene rings is 1. The van der Waals surface area contributed by atoms with Crippen LogP contribution in [0.25, 0.3) is 0 Å². The summed E-state index contributed by atoms with van der Waals surface area (Å²) in [5.41, 5.74) is 0.876. The topological polar surface area (TPSA) is 93.7 Å². The molecule has 1 aromatic carbocycles. The SMILES string of the molecule is COC(=O)[C@@H]1Cc2cccc(c2)OCCCCCCC(=O)N[C@@H](C2CCCCC2)C(=O)N1. The monoisotopic (exact) mass is 444 g/mol. The van der Waals surface area contributed by atoms with Gasteiger partial charge in [-0.3, -0.25) is 9.59 Å². The van der Waals surface area contributed by atoms with Crippen LogP contribution in [-0.2, 0) is 25.5 Å². The Kier molecular flexibility index (Phi) is 9.38. The molecule has 1 aromatic rings. The van der Waals surface area contributed by atoms with Gasteiger partial charge in [0, 0.05) is 12.8 Å². The highest BCUT2D eigenvalue weighted by atomic mass is 16.5. The van der Waals surface area contributed by atoms with Crippen LogP contribution in [0.3, 0.4) is 0 Å². The van der Waals surface area contributed by atoms with Gasteiger partial charge in [0.15, 0.2) is 0 Å². The van der Waals surface area contributed by atoms with Crippen molar-refractivity contribution in [2.24, 2.45) is 5.92 Å². The number of esters is 1. The number of hydrogen-bond acceptors (Lipinski definition) is 5. The molecule has 7 heteroatoms. The lowest BCUT2D eigenvalue weighted by atomic mass is 9.83. The number of rotatable bonds is 2. The highest BCUT2D eigenvalue weighted by molar-refractivity contribution is 5.91. The van der Waals surface area contributed by atoms with Crippen molar-refractivity contribution in [2.45, 2.75) is 82.7 Å². The summed E-state index contributed by atoms with van der Waals surface area (Å²) in [4.78, 5) is 38.4. The van der Waals surface area contributed by atoms with E-state index < -0.39 is 18.1 Å².